The Kier molecular flexibility index (Phi) is 5.08. The van der Waals surface area contributed by atoms with Gasteiger partial charge in [0.25, 0.3) is 5.91 Å². The van der Waals surface area contributed by atoms with Crippen LogP contribution in [0.25, 0.3) is 0 Å². The van der Waals surface area contributed by atoms with E-state index in [2.05, 4.69) is 0 Å². The Bertz CT molecular complexity index is 972. The first-order valence-corrected chi connectivity index (χ1v) is 9.17. The summed E-state index contributed by atoms with van der Waals surface area (Å²) in [6, 6.07) is 6.57. The van der Waals surface area contributed by atoms with E-state index in [9.17, 15) is 18.4 Å². The summed E-state index contributed by atoms with van der Waals surface area (Å²) in [7, 11) is 1.43. The van der Waals surface area contributed by atoms with Gasteiger partial charge in [-0.3, -0.25) is 9.59 Å². The van der Waals surface area contributed by atoms with Crippen LogP contribution in [0.15, 0.2) is 30.3 Å². The highest BCUT2D eigenvalue weighted by Crippen LogP contribution is 2.31. The number of benzene rings is 2. The third kappa shape index (κ3) is 3.87. The first-order chi connectivity index (χ1) is 13.9. The van der Waals surface area contributed by atoms with Crippen LogP contribution in [0.4, 0.5) is 8.78 Å². The van der Waals surface area contributed by atoms with E-state index in [1.807, 2.05) is 0 Å². The molecule has 6 nitrogen and oxygen atoms in total. The molecule has 0 N–H and O–H groups in total. The van der Waals surface area contributed by atoms with Gasteiger partial charge in [-0.1, -0.05) is 0 Å². The first kappa shape index (κ1) is 19.2. The molecule has 1 amide bonds. The maximum atomic E-state index is 14.3. The van der Waals surface area contributed by atoms with Crippen LogP contribution in [-0.2, 0) is 11.2 Å². The molecule has 0 bridgehead atoms. The molecule has 4 rings (SSSR count). The summed E-state index contributed by atoms with van der Waals surface area (Å²) in [6.07, 6.45) is 0.131. The molecular formula is C21H19F2NO5. The van der Waals surface area contributed by atoms with Crippen LogP contribution in [0.1, 0.15) is 15.9 Å². The van der Waals surface area contributed by atoms with Gasteiger partial charge in [-0.05, 0) is 18.2 Å². The van der Waals surface area contributed by atoms with Crippen molar-refractivity contribution in [1.29, 1.82) is 0 Å². The number of halogens is 2. The van der Waals surface area contributed by atoms with Crippen molar-refractivity contribution in [2.75, 3.05) is 33.4 Å². The minimum atomic E-state index is -0.668. The Morgan fingerprint density at radius 2 is 2.00 bits per heavy atom. The van der Waals surface area contributed by atoms with Gasteiger partial charge in [0.05, 0.1) is 19.3 Å². The molecule has 0 atom stereocenters. The van der Waals surface area contributed by atoms with Crippen LogP contribution < -0.4 is 14.2 Å². The number of hydrogen-bond donors (Lipinski definition) is 0. The smallest absolute Gasteiger partial charge is 0.256 e. The average Bonchev–Trinajstić information content (AvgIpc) is 2.67. The van der Waals surface area contributed by atoms with E-state index in [1.165, 1.54) is 36.3 Å². The quantitative estimate of drug-likeness (QED) is 0.768. The fourth-order valence-corrected chi connectivity index (χ4v) is 3.44. The van der Waals surface area contributed by atoms with Crippen molar-refractivity contribution in [2.45, 2.75) is 6.42 Å². The van der Waals surface area contributed by atoms with Crippen molar-refractivity contribution in [3.05, 3.63) is 53.1 Å². The number of ketones is 1. The van der Waals surface area contributed by atoms with E-state index < -0.39 is 17.5 Å². The molecule has 29 heavy (non-hydrogen) atoms. The standard InChI is InChI=1S/C21H19F2NO5/c1-27-20-6-14(22)2-3-18(20)28-10-12-8-24(9-12)21(26)16-5-13-4-15(25)11-29-19(13)7-17(16)23/h2-3,5-7,12H,4,8-11H2,1H3. The molecule has 2 heterocycles. The normalized spacial score (nSPS) is 16.0. The Morgan fingerprint density at radius 1 is 1.21 bits per heavy atom. The van der Waals surface area contributed by atoms with Crippen LogP contribution >= 0.6 is 0 Å². The lowest BCUT2D eigenvalue weighted by Crippen LogP contribution is -2.52. The average molecular weight is 403 g/mol. The Balaban J connectivity index is 1.36. The maximum Gasteiger partial charge on any atom is 0.256 e. The third-order valence-corrected chi connectivity index (χ3v) is 5.00. The van der Waals surface area contributed by atoms with Crippen LogP contribution in [0.5, 0.6) is 17.2 Å². The van der Waals surface area contributed by atoms with Gasteiger partial charge in [0.1, 0.15) is 24.0 Å². The lowest BCUT2D eigenvalue weighted by molar-refractivity contribution is -0.121. The predicted molar refractivity (Wildman–Crippen MR) is 98.4 cm³/mol. The molecule has 0 spiro atoms. The fourth-order valence-electron chi connectivity index (χ4n) is 3.44. The van der Waals surface area contributed by atoms with Crippen LogP contribution in [0, 0.1) is 17.6 Å². The molecule has 2 aliphatic rings. The number of rotatable bonds is 5. The zero-order chi connectivity index (χ0) is 20.5. The highest BCUT2D eigenvalue weighted by Gasteiger charge is 2.34. The highest BCUT2D eigenvalue weighted by molar-refractivity contribution is 5.96. The number of ether oxygens (including phenoxy) is 3. The molecule has 8 heteroatoms. The molecule has 1 saturated heterocycles. The van der Waals surface area contributed by atoms with E-state index in [1.54, 1.807) is 0 Å². The van der Waals surface area contributed by atoms with Gasteiger partial charge in [0.2, 0.25) is 0 Å². The summed E-state index contributed by atoms with van der Waals surface area (Å²) >= 11 is 0. The van der Waals surface area contributed by atoms with Crippen LogP contribution in [0.2, 0.25) is 0 Å². The van der Waals surface area contributed by atoms with E-state index >= 15 is 0 Å². The maximum absolute atomic E-state index is 14.3. The zero-order valence-electron chi connectivity index (χ0n) is 15.7. The molecule has 2 aliphatic heterocycles. The lowest BCUT2D eigenvalue weighted by atomic mass is 9.97. The molecule has 0 saturated carbocycles. The second kappa shape index (κ2) is 7.69. The molecular weight excluding hydrogens is 384 g/mol. The summed E-state index contributed by atoms with van der Waals surface area (Å²) in [6.45, 7) is 1.07. The number of Topliss-reactive ketones (excluding diaryl/α,β-unsaturated/α-hetero) is 1. The number of amides is 1. The van der Waals surface area contributed by atoms with Crippen LogP contribution in [0.3, 0.4) is 0 Å². The van der Waals surface area contributed by atoms with Crippen molar-refractivity contribution in [1.82, 2.24) is 4.90 Å². The molecule has 2 aromatic carbocycles. The Labute approximate surface area is 166 Å². The molecule has 2 aromatic rings. The number of carbonyl (C=O) groups is 2. The topological polar surface area (TPSA) is 65.1 Å². The number of likely N-dealkylation sites (tertiary alicyclic amines) is 1. The van der Waals surface area contributed by atoms with E-state index in [-0.39, 0.29) is 30.3 Å². The second-order valence-corrected chi connectivity index (χ2v) is 7.13. The van der Waals surface area contributed by atoms with Gasteiger partial charge in [0, 0.05) is 43.1 Å². The van der Waals surface area contributed by atoms with Gasteiger partial charge in [0.15, 0.2) is 17.3 Å². The summed E-state index contributed by atoms with van der Waals surface area (Å²) in [5.74, 6) is -0.540. The summed E-state index contributed by atoms with van der Waals surface area (Å²) < 4.78 is 43.5. The SMILES string of the molecule is COc1cc(F)ccc1OCC1CN(C(=O)c2cc3c(cc2F)OCC(=O)C3)C1. The van der Waals surface area contributed by atoms with Crippen LogP contribution in [-0.4, -0.2) is 50.0 Å². The molecule has 0 radical (unpaired) electrons. The molecule has 0 aromatic heterocycles. The third-order valence-electron chi connectivity index (χ3n) is 5.00. The number of nitrogens with zero attached hydrogens (tertiary/aromatic N) is 1. The number of fused-ring (bicyclic) bond motifs is 1. The summed E-state index contributed by atoms with van der Waals surface area (Å²) in [5.41, 5.74) is 0.455. The number of carbonyl (C=O) groups excluding carboxylic acids is 2. The second-order valence-electron chi connectivity index (χ2n) is 7.13. The summed E-state index contributed by atoms with van der Waals surface area (Å²) in [4.78, 5) is 25.7. The highest BCUT2D eigenvalue weighted by atomic mass is 19.1. The first-order valence-electron chi connectivity index (χ1n) is 9.17. The number of hydrogen-bond acceptors (Lipinski definition) is 5. The van der Waals surface area contributed by atoms with E-state index in [0.29, 0.717) is 42.5 Å². The molecule has 0 aliphatic carbocycles. The summed E-state index contributed by atoms with van der Waals surface area (Å²) in [5, 5.41) is 0. The van der Waals surface area contributed by atoms with Crippen molar-refractivity contribution < 1.29 is 32.6 Å². The molecule has 0 unspecified atom stereocenters. The lowest BCUT2D eigenvalue weighted by Gasteiger charge is -2.39. The van der Waals surface area contributed by atoms with E-state index in [0.717, 1.165) is 6.07 Å². The van der Waals surface area contributed by atoms with Gasteiger partial charge in [-0.2, -0.15) is 0 Å². The minimum absolute atomic E-state index is 0.0679. The largest absolute Gasteiger partial charge is 0.493 e. The van der Waals surface area contributed by atoms with Crippen molar-refractivity contribution in [3.63, 3.8) is 0 Å². The van der Waals surface area contributed by atoms with Crippen molar-refractivity contribution in [2.24, 2.45) is 5.92 Å². The number of methoxy groups -OCH3 is 1. The van der Waals surface area contributed by atoms with Gasteiger partial charge in [-0.25, -0.2) is 8.78 Å². The Hall–Kier alpha value is -3.16. The Morgan fingerprint density at radius 3 is 2.76 bits per heavy atom. The molecule has 1 fully saturated rings. The van der Waals surface area contributed by atoms with E-state index in [4.69, 9.17) is 14.2 Å². The van der Waals surface area contributed by atoms with Crippen molar-refractivity contribution in [3.8, 4) is 17.2 Å². The molecule has 152 valence electrons. The minimum Gasteiger partial charge on any atom is -0.493 e. The fraction of sp³-hybridized carbons (Fsp3) is 0.333. The monoisotopic (exact) mass is 403 g/mol. The van der Waals surface area contributed by atoms with Gasteiger partial charge >= 0.3 is 0 Å². The predicted octanol–water partition coefficient (Wildman–Crippen LogP) is 2.63. The van der Waals surface area contributed by atoms with Gasteiger partial charge in [-0.15, -0.1) is 0 Å². The van der Waals surface area contributed by atoms with Crippen molar-refractivity contribution >= 4 is 11.7 Å². The zero-order valence-corrected chi connectivity index (χ0v) is 15.7. The van der Waals surface area contributed by atoms with Gasteiger partial charge < -0.3 is 19.1 Å².